The van der Waals surface area contributed by atoms with Gasteiger partial charge in [0.2, 0.25) is 5.91 Å². The number of benzene rings is 2. The van der Waals surface area contributed by atoms with Gasteiger partial charge < -0.3 is 11.1 Å². The Kier molecular flexibility index (Phi) is 3.79. The zero-order valence-electron chi connectivity index (χ0n) is 10.3. The minimum absolute atomic E-state index is 0.436. The van der Waals surface area contributed by atoms with Crippen LogP contribution in [-0.2, 0) is 6.54 Å². The van der Waals surface area contributed by atoms with E-state index in [1.165, 1.54) is 0 Å². The number of nitrogens with one attached hydrogen (secondary N) is 1. The zero-order valence-corrected chi connectivity index (χ0v) is 10.3. The number of nitrogens with zero attached hydrogens (tertiary/aromatic N) is 1. The molecule has 0 fully saturated rings. The van der Waals surface area contributed by atoms with E-state index in [0.29, 0.717) is 17.7 Å². The molecule has 0 aromatic heterocycles. The van der Waals surface area contributed by atoms with Gasteiger partial charge in [0, 0.05) is 12.1 Å². The summed E-state index contributed by atoms with van der Waals surface area (Å²) in [6.07, 6.45) is 0. The summed E-state index contributed by atoms with van der Waals surface area (Å²) in [4.78, 5) is 10.9. The predicted octanol–water partition coefficient (Wildman–Crippen LogP) is 2.27. The van der Waals surface area contributed by atoms with Crippen molar-refractivity contribution in [3.8, 4) is 6.07 Å². The molecular formula is C15H13N3O. The van der Waals surface area contributed by atoms with E-state index in [4.69, 9.17) is 11.0 Å². The molecule has 0 unspecified atom stereocenters. The standard InChI is InChI=1S/C15H13N3O/c16-9-13-3-1-2-4-14(13)18-10-11-5-7-12(8-6-11)15(17)19/h1-8,18H,10H2,(H2,17,19). The minimum Gasteiger partial charge on any atom is -0.380 e. The normalized spacial score (nSPS) is 9.63. The summed E-state index contributed by atoms with van der Waals surface area (Å²) in [5.74, 6) is -0.436. The fourth-order valence-electron chi connectivity index (χ4n) is 1.72. The van der Waals surface area contributed by atoms with E-state index in [1.54, 1.807) is 18.2 Å². The molecule has 4 nitrogen and oxygen atoms in total. The van der Waals surface area contributed by atoms with Crippen molar-refractivity contribution in [3.63, 3.8) is 0 Å². The van der Waals surface area contributed by atoms with Crippen LogP contribution in [-0.4, -0.2) is 5.91 Å². The van der Waals surface area contributed by atoms with E-state index in [0.717, 1.165) is 11.3 Å². The van der Waals surface area contributed by atoms with Gasteiger partial charge in [-0.05, 0) is 29.8 Å². The van der Waals surface area contributed by atoms with Crippen LogP contribution in [0.2, 0.25) is 0 Å². The van der Waals surface area contributed by atoms with Gasteiger partial charge in [-0.25, -0.2) is 0 Å². The highest BCUT2D eigenvalue weighted by atomic mass is 16.1. The summed E-state index contributed by atoms with van der Waals surface area (Å²) in [6.45, 7) is 0.581. The van der Waals surface area contributed by atoms with E-state index in [2.05, 4.69) is 11.4 Å². The number of carbonyl (C=O) groups excluding carboxylic acids is 1. The predicted molar refractivity (Wildman–Crippen MR) is 73.4 cm³/mol. The van der Waals surface area contributed by atoms with Crippen LogP contribution in [0.4, 0.5) is 5.69 Å². The Labute approximate surface area is 111 Å². The Morgan fingerprint density at radius 1 is 1.16 bits per heavy atom. The van der Waals surface area contributed by atoms with Crippen LogP contribution in [0.1, 0.15) is 21.5 Å². The van der Waals surface area contributed by atoms with E-state index in [-0.39, 0.29) is 0 Å². The summed E-state index contributed by atoms with van der Waals surface area (Å²) in [7, 11) is 0. The second-order valence-corrected chi connectivity index (χ2v) is 4.07. The van der Waals surface area contributed by atoms with Gasteiger partial charge >= 0.3 is 0 Å². The summed E-state index contributed by atoms with van der Waals surface area (Å²) < 4.78 is 0. The van der Waals surface area contributed by atoms with Crippen LogP contribution in [0.3, 0.4) is 0 Å². The maximum Gasteiger partial charge on any atom is 0.248 e. The Hall–Kier alpha value is -2.80. The Balaban J connectivity index is 2.06. The van der Waals surface area contributed by atoms with Crippen LogP contribution in [0, 0.1) is 11.3 Å². The van der Waals surface area contributed by atoms with Gasteiger partial charge in [0.15, 0.2) is 0 Å². The van der Waals surface area contributed by atoms with Crippen molar-refractivity contribution in [2.45, 2.75) is 6.54 Å². The molecular weight excluding hydrogens is 238 g/mol. The van der Waals surface area contributed by atoms with Crippen LogP contribution in [0.5, 0.6) is 0 Å². The highest BCUT2D eigenvalue weighted by molar-refractivity contribution is 5.92. The Bertz CT molecular complexity index is 627. The quantitative estimate of drug-likeness (QED) is 0.874. The summed E-state index contributed by atoms with van der Waals surface area (Å²) in [5, 5.41) is 12.2. The third kappa shape index (κ3) is 3.11. The number of para-hydroxylation sites is 1. The molecule has 2 aromatic carbocycles. The van der Waals surface area contributed by atoms with Gasteiger partial charge in [-0.2, -0.15) is 5.26 Å². The molecule has 0 saturated carbocycles. The van der Waals surface area contributed by atoms with E-state index < -0.39 is 5.91 Å². The minimum atomic E-state index is -0.436. The van der Waals surface area contributed by atoms with Crippen LogP contribution < -0.4 is 11.1 Å². The molecule has 4 heteroatoms. The fraction of sp³-hybridized carbons (Fsp3) is 0.0667. The largest absolute Gasteiger partial charge is 0.380 e. The number of hydrogen-bond acceptors (Lipinski definition) is 3. The van der Waals surface area contributed by atoms with Gasteiger partial charge in [0.1, 0.15) is 6.07 Å². The van der Waals surface area contributed by atoms with Gasteiger partial charge in [-0.15, -0.1) is 0 Å². The molecule has 19 heavy (non-hydrogen) atoms. The first-order chi connectivity index (χ1) is 9.20. The van der Waals surface area contributed by atoms with Crippen molar-refractivity contribution in [1.82, 2.24) is 0 Å². The third-order valence-corrected chi connectivity index (χ3v) is 2.77. The molecule has 0 heterocycles. The van der Waals surface area contributed by atoms with Crippen molar-refractivity contribution < 1.29 is 4.79 Å². The average molecular weight is 251 g/mol. The summed E-state index contributed by atoms with van der Waals surface area (Å²) >= 11 is 0. The molecule has 0 aliphatic heterocycles. The van der Waals surface area contributed by atoms with Crippen molar-refractivity contribution >= 4 is 11.6 Å². The molecule has 3 N–H and O–H groups in total. The topological polar surface area (TPSA) is 78.9 Å². The number of nitriles is 1. The maximum atomic E-state index is 10.9. The smallest absolute Gasteiger partial charge is 0.248 e. The van der Waals surface area contributed by atoms with E-state index in [1.807, 2.05) is 30.3 Å². The molecule has 0 bridgehead atoms. The monoisotopic (exact) mass is 251 g/mol. The molecule has 0 saturated heterocycles. The number of hydrogen-bond donors (Lipinski definition) is 2. The van der Waals surface area contributed by atoms with Crippen LogP contribution in [0.15, 0.2) is 48.5 Å². The molecule has 0 atom stereocenters. The molecule has 2 aromatic rings. The van der Waals surface area contributed by atoms with Crippen molar-refractivity contribution in [2.24, 2.45) is 5.73 Å². The highest BCUT2D eigenvalue weighted by Gasteiger charge is 2.02. The molecule has 94 valence electrons. The Morgan fingerprint density at radius 2 is 1.84 bits per heavy atom. The molecule has 0 spiro atoms. The number of amides is 1. The molecule has 0 aliphatic rings. The first-order valence-electron chi connectivity index (χ1n) is 5.82. The number of rotatable bonds is 4. The first-order valence-corrected chi connectivity index (χ1v) is 5.82. The summed E-state index contributed by atoms with van der Waals surface area (Å²) in [5.41, 5.74) is 8.08. The lowest BCUT2D eigenvalue weighted by Gasteiger charge is -2.08. The van der Waals surface area contributed by atoms with Crippen LogP contribution in [0.25, 0.3) is 0 Å². The lowest BCUT2D eigenvalue weighted by atomic mass is 10.1. The lowest BCUT2D eigenvalue weighted by molar-refractivity contribution is 0.100. The molecule has 2 rings (SSSR count). The first kappa shape index (κ1) is 12.7. The van der Waals surface area contributed by atoms with Crippen LogP contribution >= 0.6 is 0 Å². The molecule has 0 aliphatic carbocycles. The SMILES string of the molecule is N#Cc1ccccc1NCc1ccc(C(N)=O)cc1. The van der Waals surface area contributed by atoms with E-state index in [9.17, 15) is 4.79 Å². The molecule has 0 radical (unpaired) electrons. The summed E-state index contributed by atoms with van der Waals surface area (Å²) in [6, 6.07) is 16.5. The van der Waals surface area contributed by atoms with Crippen molar-refractivity contribution in [2.75, 3.05) is 5.32 Å². The van der Waals surface area contributed by atoms with E-state index >= 15 is 0 Å². The Morgan fingerprint density at radius 3 is 2.47 bits per heavy atom. The van der Waals surface area contributed by atoms with Gasteiger partial charge in [-0.3, -0.25) is 4.79 Å². The maximum absolute atomic E-state index is 10.9. The van der Waals surface area contributed by atoms with Gasteiger partial charge in [0.25, 0.3) is 0 Å². The average Bonchev–Trinajstić information content (AvgIpc) is 2.45. The number of anilines is 1. The third-order valence-electron chi connectivity index (χ3n) is 2.77. The highest BCUT2D eigenvalue weighted by Crippen LogP contribution is 2.15. The lowest BCUT2D eigenvalue weighted by Crippen LogP contribution is -2.10. The molecule has 1 amide bonds. The van der Waals surface area contributed by atoms with Crippen molar-refractivity contribution in [3.05, 3.63) is 65.2 Å². The number of nitrogens with two attached hydrogens (primary N) is 1. The van der Waals surface area contributed by atoms with Gasteiger partial charge in [-0.1, -0.05) is 24.3 Å². The van der Waals surface area contributed by atoms with Crippen molar-refractivity contribution in [1.29, 1.82) is 5.26 Å². The zero-order chi connectivity index (χ0) is 13.7. The number of carbonyl (C=O) groups is 1. The number of primary amides is 1. The second kappa shape index (κ2) is 5.69. The van der Waals surface area contributed by atoms with Gasteiger partial charge in [0.05, 0.1) is 11.3 Å². The fourth-order valence-corrected chi connectivity index (χ4v) is 1.72. The second-order valence-electron chi connectivity index (χ2n) is 4.07.